The zero-order chi connectivity index (χ0) is 14.8. The van der Waals surface area contributed by atoms with Crippen LogP contribution in [0, 0.1) is 0 Å². The number of likely N-dealkylation sites (tertiary alicyclic amines) is 1. The smallest absolute Gasteiger partial charge is 0.229 e. The molecule has 6 nitrogen and oxygen atoms in total. The second-order valence-corrected chi connectivity index (χ2v) is 5.92. The number of hydrogen-bond acceptors (Lipinski definition) is 4. The number of imide groups is 1. The van der Waals surface area contributed by atoms with Crippen molar-refractivity contribution in [1.82, 2.24) is 10.2 Å². The largest absolute Gasteiger partial charge is 0.388 e. The second-order valence-electron chi connectivity index (χ2n) is 5.92. The SMILES string of the molecule is CC(C)(O)C(C)(C)NC(=O)CCN1C(=O)CCC1=O. The quantitative estimate of drug-likeness (QED) is 0.698. The minimum atomic E-state index is -1.07. The lowest BCUT2D eigenvalue weighted by Gasteiger charge is -2.38. The minimum absolute atomic E-state index is 0.0526. The van der Waals surface area contributed by atoms with Crippen LogP contribution in [0.4, 0.5) is 0 Å². The molecule has 0 radical (unpaired) electrons. The molecule has 1 fully saturated rings. The Morgan fingerprint density at radius 1 is 1.21 bits per heavy atom. The first-order valence-corrected chi connectivity index (χ1v) is 6.41. The third-order valence-corrected chi connectivity index (χ3v) is 3.70. The van der Waals surface area contributed by atoms with Gasteiger partial charge >= 0.3 is 0 Å². The van der Waals surface area contributed by atoms with E-state index in [1.165, 1.54) is 0 Å². The Kier molecular flexibility index (Phi) is 4.35. The summed E-state index contributed by atoms with van der Waals surface area (Å²) in [5, 5.41) is 12.6. The van der Waals surface area contributed by atoms with Gasteiger partial charge in [0.15, 0.2) is 0 Å². The van der Waals surface area contributed by atoms with E-state index in [-0.39, 0.29) is 43.5 Å². The summed E-state index contributed by atoms with van der Waals surface area (Å²) in [5.41, 5.74) is -1.86. The summed E-state index contributed by atoms with van der Waals surface area (Å²) in [6, 6.07) is 0. The van der Waals surface area contributed by atoms with Gasteiger partial charge in [-0.05, 0) is 27.7 Å². The fourth-order valence-corrected chi connectivity index (χ4v) is 1.65. The Morgan fingerprint density at radius 2 is 1.68 bits per heavy atom. The van der Waals surface area contributed by atoms with Crippen molar-refractivity contribution in [2.24, 2.45) is 0 Å². The number of nitrogens with one attached hydrogen (secondary N) is 1. The minimum Gasteiger partial charge on any atom is -0.388 e. The highest BCUT2D eigenvalue weighted by atomic mass is 16.3. The predicted molar refractivity (Wildman–Crippen MR) is 69.1 cm³/mol. The number of carbonyl (C=O) groups is 3. The lowest BCUT2D eigenvalue weighted by Crippen LogP contribution is -2.58. The van der Waals surface area contributed by atoms with Gasteiger partial charge in [0.2, 0.25) is 17.7 Å². The van der Waals surface area contributed by atoms with E-state index >= 15 is 0 Å². The molecule has 6 heteroatoms. The summed E-state index contributed by atoms with van der Waals surface area (Å²) >= 11 is 0. The molecule has 108 valence electrons. The van der Waals surface area contributed by atoms with Crippen LogP contribution >= 0.6 is 0 Å². The van der Waals surface area contributed by atoms with Crippen molar-refractivity contribution in [3.05, 3.63) is 0 Å². The molecule has 1 rings (SSSR count). The van der Waals surface area contributed by atoms with Gasteiger partial charge in [0, 0.05) is 25.8 Å². The fraction of sp³-hybridized carbons (Fsp3) is 0.769. The summed E-state index contributed by atoms with van der Waals surface area (Å²) < 4.78 is 0. The van der Waals surface area contributed by atoms with Crippen LogP contribution in [0.2, 0.25) is 0 Å². The normalized spacial score (nSPS) is 17.0. The van der Waals surface area contributed by atoms with E-state index in [4.69, 9.17) is 0 Å². The van der Waals surface area contributed by atoms with Crippen LogP contribution in [0.5, 0.6) is 0 Å². The van der Waals surface area contributed by atoms with E-state index in [0.717, 1.165) is 4.90 Å². The van der Waals surface area contributed by atoms with Crippen molar-refractivity contribution in [3.63, 3.8) is 0 Å². The Labute approximate surface area is 113 Å². The van der Waals surface area contributed by atoms with Gasteiger partial charge in [-0.25, -0.2) is 0 Å². The zero-order valence-electron chi connectivity index (χ0n) is 11.9. The Bertz CT molecular complexity index is 380. The molecule has 1 aliphatic rings. The fourth-order valence-electron chi connectivity index (χ4n) is 1.65. The van der Waals surface area contributed by atoms with E-state index < -0.39 is 11.1 Å². The van der Waals surface area contributed by atoms with Crippen molar-refractivity contribution in [1.29, 1.82) is 0 Å². The van der Waals surface area contributed by atoms with Crippen molar-refractivity contribution < 1.29 is 19.5 Å². The van der Waals surface area contributed by atoms with Crippen molar-refractivity contribution in [2.45, 2.75) is 58.1 Å². The number of hydrogen-bond donors (Lipinski definition) is 2. The van der Waals surface area contributed by atoms with E-state index in [2.05, 4.69) is 5.32 Å². The summed E-state index contributed by atoms with van der Waals surface area (Å²) in [5.74, 6) is -0.737. The van der Waals surface area contributed by atoms with Crippen molar-refractivity contribution in [3.8, 4) is 0 Å². The van der Waals surface area contributed by atoms with Crippen LogP contribution in [0.3, 0.4) is 0 Å². The summed E-state index contributed by atoms with van der Waals surface area (Å²) in [6.07, 6.45) is 0.516. The Balaban J connectivity index is 2.49. The molecule has 3 amide bonds. The number of rotatable bonds is 5. The summed E-state index contributed by atoms with van der Waals surface area (Å²) in [4.78, 5) is 35.7. The van der Waals surface area contributed by atoms with E-state index in [1.807, 2.05) is 0 Å². The average molecular weight is 270 g/mol. The maximum atomic E-state index is 11.8. The third-order valence-electron chi connectivity index (χ3n) is 3.70. The molecule has 0 aromatic heterocycles. The first-order chi connectivity index (χ1) is 8.54. The van der Waals surface area contributed by atoms with Crippen molar-refractivity contribution in [2.75, 3.05) is 6.54 Å². The predicted octanol–water partition coefficient (Wildman–Crippen LogP) is 0.191. The molecule has 0 atom stereocenters. The molecule has 1 aliphatic heterocycles. The molecule has 2 N–H and O–H groups in total. The van der Waals surface area contributed by atoms with Gasteiger partial charge in [-0.15, -0.1) is 0 Å². The van der Waals surface area contributed by atoms with Crippen LogP contribution in [0.1, 0.15) is 47.0 Å². The highest BCUT2D eigenvalue weighted by molar-refractivity contribution is 6.02. The molecular formula is C13H22N2O4. The topological polar surface area (TPSA) is 86.7 Å². The monoisotopic (exact) mass is 270 g/mol. The van der Waals surface area contributed by atoms with Gasteiger partial charge in [0.1, 0.15) is 0 Å². The van der Waals surface area contributed by atoms with Gasteiger partial charge in [-0.2, -0.15) is 0 Å². The van der Waals surface area contributed by atoms with Crippen LogP contribution in [0.15, 0.2) is 0 Å². The van der Waals surface area contributed by atoms with Gasteiger partial charge in [-0.3, -0.25) is 19.3 Å². The maximum absolute atomic E-state index is 11.8. The average Bonchev–Trinajstić information content (AvgIpc) is 2.53. The van der Waals surface area contributed by atoms with Crippen LogP contribution in [0.25, 0.3) is 0 Å². The lowest BCUT2D eigenvalue weighted by atomic mass is 9.86. The maximum Gasteiger partial charge on any atom is 0.229 e. The zero-order valence-corrected chi connectivity index (χ0v) is 11.9. The van der Waals surface area contributed by atoms with Gasteiger partial charge in [0.05, 0.1) is 11.1 Å². The van der Waals surface area contributed by atoms with Gasteiger partial charge < -0.3 is 10.4 Å². The number of aliphatic hydroxyl groups is 1. The highest BCUT2D eigenvalue weighted by Gasteiger charge is 2.36. The highest BCUT2D eigenvalue weighted by Crippen LogP contribution is 2.20. The first-order valence-electron chi connectivity index (χ1n) is 6.41. The molecule has 1 heterocycles. The molecule has 0 aromatic rings. The summed E-state index contributed by atoms with van der Waals surface area (Å²) in [7, 11) is 0. The van der Waals surface area contributed by atoms with Crippen LogP contribution in [-0.4, -0.2) is 45.4 Å². The standard InChI is InChI=1S/C13H22N2O4/c1-12(2,13(3,4)19)14-9(16)7-8-15-10(17)5-6-11(15)18/h19H,5-8H2,1-4H3,(H,14,16). The Morgan fingerprint density at radius 3 is 2.11 bits per heavy atom. The molecule has 0 aromatic carbocycles. The molecule has 0 saturated carbocycles. The lowest BCUT2D eigenvalue weighted by molar-refractivity contribution is -0.138. The molecule has 19 heavy (non-hydrogen) atoms. The van der Waals surface area contributed by atoms with E-state index in [0.29, 0.717) is 0 Å². The van der Waals surface area contributed by atoms with Gasteiger partial charge in [-0.1, -0.05) is 0 Å². The second kappa shape index (κ2) is 5.28. The number of nitrogens with zero attached hydrogens (tertiary/aromatic N) is 1. The molecule has 0 unspecified atom stereocenters. The Hall–Kier alpha value is -1.43. The van der Waals surface area contributed by atoms with E-state index in [1.54, 1.807) is 27.7 Å². The van der Waals surface area contributed by atoms with E-state index in [9.17, 15) is 19.5 Å². The third kappa shape index (κ3) is 3.76. The molecule has 1 saturated heterocycles. The van der Waals surface area contributed by atoms with Crippen molar-refractivity contribution >= 4 is 17.7 Å². The van der Waals surface area contributed by atoms with Gasteiger partial charge in [0.25, 0.3) is 0 Å². The molecule has 0 spiro atoms. The molecule has 0 bridgehead atoms. The number of amides is 3. The van der Waals surface area contributed by atoms with Crippen LogP contribution in [-0.2, 0) is 14.4 Å². The summed E-state index contributed by atoms with van der Waals surface area (Å²) in [6.45, 7) is 6.77. The van der Waals surface area contributed by atoms with Crippen LogP contribution < -0.4 is 5.32 Å². The molecule has 0 aliphatic carbocycles. The number of carbonyl (C=O) groups excluding carboxylic acids is 3. The molecular weight excluding hydrogens is 248 g/mol. The first kappa shape index (κ1) is 15.6.